The van der Waals surface area contributed by atoms with E-state index in [4.69, 9.17) is 10.5 Å². The van der Waals surface area contributed by atoms with E-state index in [1.165, 1.54) is 6.20 Å². The molecule has 0 aliphatic heterocycles. The molecule has 0 saturated heterocycles. The molecule has 0 unspecified atom stereocenters. The maximum atomic E-state index is 13.0. The molecule has 1 heterocycles. The van der Waals surface area contributed by atoms with E-state index in [1.54, 1.807) is 0 Å². The largest absolute Gasteiger partial charge is 0.437 e. The molecule has 0 aliphatic carbocycles. The van der Waals surface area contributed by atoms with Crippen LogP contribution in [0.25, 0.3) is 0 Å². The third-order valence-corrected chi connectivity index (χ3v) is 2.11. The Hall–Kier alpha value is -2.38. The molecule has 0 bridgehead atoms. The minimum atomic E-state index is -4.80. The van der Waals surface area contributed by atoms with Gasteiger partial charge in [0.15, 0.2) is 0 Å². The molecule has 4 nitrogen and oxygen atoms in total. The predicted molar refractivity (Wildman–Crippen MR) is 57.9 cm³/mol. The van der Waals surface area contributed by atoms with Gasteiger partial charge in [-0.2, -0.15) is 13.2 Å². The second-order valence-electron chi connectivity index (χ2n) is 3.52. The number of aromatic nitrogens is 2. The fourth-order valence-corrected chi connectivity index (χ4v) is 1.28. The number of hydrogen-bond acceptors (Lipinski definition) is 4. The molecule has 0 aliphatic rings. The molecule has 100 valence electrons. The first-order valence-electron chi connectivity index (χ1n) is 4.98. The van der Waals surface area contributed by atoms with Crippen molar-refractivity contribution < 1.29 is 22.3 Å². The molecule has 0 amide bonds. The molecule has 0 spiro atoms. The lowest BCUT2D eigenvalue weighted by Gasteiger charge is -2.10. The lowest BCUT2D eigenvalue weighted by molar-refractivity contribution is -0.140. The highest BCUT2D eigenvalue weighted by molar-refractivity contribution is 5.34. The number of rotatable bonds is 2. The van der Waals surface area contributed by atoms with E-state index < -0.39 is 17.6 Å². The Kier molecular flexibility index (Phi) is 3.24. The topological polar surface area (TPSA) is 61.0 Å². The Balaban J connectivity index is 2.29. The van der Waals surface area contributed by atoms with E-state index in [-0.39, 0.29) is 17.4 Å². The van der Waals surface area contributed by atoms with Gasteiger partial charge in [-0.15, -0.1) is 0 Å². The van der Waals surface area contributed by atoms with Crippen LogP contribution >= 0.6 is 0 Å². The second kappa shape index (κ2) is 4.71. The zero-order chi connectivity index (χ0) is 14.0. The number of benzene rings is 1. The number of nitrogens with two attached hydrogens (primary N) is 1. The number of anilines is 1. The molecular formula is C11H7F4N3O. The summed E-state index contributed by atoms with van der Waals surface area (Å²) in [5.41, 5.74) is 3.88. The number of ether oxygens (including phenoxy) is 1. The van der Waals surface area contributed by atoms with Gasteiger partial charge in [0.25, 0.3) is 0 Å². The van der Waals surface area contributed by atoms with E-state index in [0.29, 0.717) is 12.1 Å². The molecule has 0 atom stereocenters. The smallest absolute Gasteiger partial charge is 0.419 e. The third-order valence-electron chi connectivity index (χ3n) is 2.11. The van der Waals surface area contributed by atoms with E-state index in [0.717, 1.165) is 12.3 Å². The van der Waals surface area contributed by atoms with Crippen LogP contribution in [0.5, 0.6) is 11.6 Å². The number of nitrogens with zero attached hydrogens (tertiary/aromatic N) is 2. The predicted octanol–water partition coefficient (Wildman–Crippen LogP) is 3.01. The van der Waals surface area contributed by atoms with Gasteiger partial charge in [-0.25, -0.2) is 14.4 Å². The summed E-state index contributed by atoms with van der Waals surface area (Å²) < 4.78 is 55.5. The van der Waals surface area contributed by atoms with Crippen molar-refractivity contribution in [2.75, 3.05) is 5.73 Å². The first kappa shape index (κ1) is 13.1. The minimum absolute atomic E-state index is 0.0473. The summed E-state index contributed by atoms with van der Waals surface area (Å²) in [7, 11) is 0. The lowest BCUT2D eigenvalue weighted by Crippen LogP contribution is -2.08. The van der Waals surface area contributed by atoms with Crippen LogP contribution in [0.2, 0.25) is 0 Å². The number of nitrogen functional groups attached to an aromatic ring is 1. The summed E-state index contributed by atoms with van der Waals surface area (Å²) in [6.07, 6.45) is -2.47. The zero-order valence-corrected chi connectivity index (χ0v) is 9.28. The van der Waals surface area contributed by atoms with E-state index >= 15 is 0 Å². The van der Waals surface area contributed by atoms with Crippen LogP contribution in [0, 0.1) is 5.82 Å². The summed E-state index contributed by atoms with van der Waals surface area (Å²) in [5, 5.41) is 0. The van der Waals surface area contributed by atoms with Crippen LogP contribution in [-0.4, -0.2) is 9.97 Å². The lowest BCUT2D eigenvalue weighted by atomic mass is 10.2. The SMILES string of the molecule is Nc1cnc(Oc2ccc(F)c(C(F)(F)F)c2)cn1. The maximum absolute atomic E-state index is 13.0. The molecule has 2 aromatic rings. The Morgan fingerprint density at radius 1 is 1.11 bits per heavy atom. The van der Waals surface area contributed by atoms with Gasteiger partial charge in [0.1, 0.15) is 17.4 Å². The summed E-state index contributed by atoms with van der Waals surface area (Å²) in [4.78, 5) is 7.36. The summed E-state index contributed by atoms with van der Waals surface area (Å²) in [6.45, 7) is 0. The van der Waals surface area contributed by atoms with Gasteiger partial charge >= 0.3 is 6.18 Å². The average molecular weight is 273 g/mol. The summed E-state index contributed by atoms with van der Waals surface area (Å²) >= 11 is 0. The van der Waals surface area contributed by atoms with Gasteiger partial charge in [0.05, 0.1) is 18.0 Å². The highest BCUT2D eigenvalue weighted by Gasteiger charge is 2.34. The molecular weight excluding hydrogens is 266 g/mol. The Labute approximate surface area is 104 Å². The summed E-state index contributed by atoms with van der Waals surface area (Å²) in [5.74, 6) is -1.48. The maximum Gasteiger partial charge on any atom is 0.419 e. The monoisotopic (exact) mass is 273 g/mol. The van der Waals surface area contributed by atoms with Crippen molar-refractivity contribution in [3.05, 3.63) is 42.0 Å². The number of halogens is 4. The first-order valence-corrected chi connectivity index (χ1v) is 4.98. The third kappa shape index (κ3) is 3.09. The van der Waals surface area contributed by atoms with Crippen LogP contribution in [0.15, 0.2) is 30.6 Å². The van der Waals surface area contributed by atoms with Gasteiger partial charge in [-0.05, 0) is 18.2 Å². The molecule has 8 heteroatoms. The molecule has 0 saturated carbocycles. The Morgan fingerprint density at radius 2 is 1.84 bits per heavy atom. The van der Waals surface area contributed by atoms with Gasteiger partial charge in [-0.1, -0.05) is 0 Å². The molecule has 1 aromatic carbocycles. The standard InChI is InChI=1S/C11H7F4N3O/c12-8-2-1-6(3-7(8)11(13,14)15)19-10-5-17-9(16)4-18-10/h1-5H,(H2,16,17). The van der Waals surface area contributed by atoms with Crippen LogP contribution in [0.4, 0.5) is 23.4 Å². The van der Waals surface area contributed by atoms with Crippen molar-refractivity contribution in [3.8, 4) is 11.6 Å². The van der Waals surface area contributed by atoms with Crippen LogP contribution in [-0.2, 0) is 6.18 Å². The summed E-state index contributed by atoms with van der Waals surface area (Å²) in [6, 6.07) is 2.28. The van der Waals surface area contributed by atoms with Crippen molar-refractivity contribution in [1.29, 1.82) is 0 Å². The normalized spacial score (nSPS) is 11.4. The van der Waals surface area contributed by atoms with E-state index in [9.17, 15) is 17.6 Å². The zero-order valence-electron chi connectivity index (χ0n) is 9.28. The van der Waals surface area contributed by atoms with Crippen molar-refractivity contribution in [2.45, 2.75) is 6.18 Å². The van der Waals surface area contributed by atoms with Crippen molar-refractivity contribution >= 4 is 5.82 Å². The second-order valence-corrected chi connectivity index (χ2v) is 3.52. The molecule has 0 radical (unpaired) electrons. The average Bonchev–Trinajstić information content (AvgIpc) is 2.33. The van der Waals surface area contributed by atoms with Gasteiger partial charge < -0.3 is 10.5 Å². The van der Waals surface area contributed by atoms with Gasteiger partial charge in [-0.3, -0.25) is 0 Å². The van der Waals surface area contributed by atoms with Crippen LogP contribution < -0.4 is 10.5 Å². The molecule has 19 heavy (non-hydrogen) atoms. The van der Waals surface area contributed by atoms with Crippen LogP contribution in [0.1, 0.15) is 5.56 Å². The molecule has 2 rings (SSSR count). The van der Waals surface area contributed by atoms with Crippen molar-refractivity contribution in [3.63, 3.8) is 0 Å². The molecule has 0 fully saturated rings. The molecule has 2 N–H and O–H groups in total. The highest BCUT2D eigenvalue weighted by Crippen LogP contribution is 2.34. The van der Waals surface area contributed by atoms with Crippen molar-refractivity contribution in [2.24, 2.45) is 0 Å². The van der Waals surface area contributed by atoms with E-state index in [1.807, 2.05) is 0 Å². The fourth-order valence-electron chi connectivity index (χ4n) is 1.28. The van der Waals surface area contributed by atoms with E-state index in [2.05, 4.69) is 9.97 Å². The Bertz CT molecular complexity index is 583. The minimum Gasteiger partial charge on any atom is -0.437 e. The number of hydrogen-bond donors (Lipinski definition) is 1. The van der Waals surface area contributed by atoms with Crippen molar-refractivity contribution in [1.82, 2.24) is 9.97 Å². The Morgan fingerprint density at radius 3 is 2.42 bits per heavy atom. The molecule has 1 aromatic heterocycles. The first-order chi connectivity index (χ1) is 8.86. The highest BCUT2D eigenvalue weighted by atomic mass is 19.4. The van der Waals surface area contributed by atoms with Gasteiger partial charge in [0.2, 0.25) is 5.88 Å². The quantitative estimate of drug-likeness (QED) is 0.854. The van der Waals surface area contributed by atoms with Gasteiger partial charge in [0, 0.05) is 0 Å². The van der Waals surface area contributed by atoms with Crippen LogP contribution in [0.3, 0.4) is 0 Å². The fraction of sp³-hybridized carbons (Fsp3) is 0.0909. The number of alkyl halides is 3.